The van der Waals surface area contributed by atoms with E-state index in [2.05, 4.69) is 25.1 Å². The number of ether oxygens (including phenoxy) is 2. The smallest absolute Gasteiger partial charge is 0.360 e. The summed E-state index contributed by atoms with van der Waals surface area (Å²) in [4.78, 5) is 16.8. The van der Waals surface area contributed by atoms with Crippen molar-refractivity contribution in [1.29, 1.82) is 0 Å². The Labute approximate surface area is 154 Å². The third-order valence-corrected chi connectivity index (χ3v) is 4.28. The second kappa shape index (κ2) is 9.61. The topological polar surface area (TPSA) is 57.1 Å². The maximum absolute atomic E-state index is 12.0. The lowest BCUT2D eigenvalue weighted by molar-refractivity contribution is -0.132. The third kappa shape index (κ3) is 4.63. The molecule has 138 valence electrons. The monoisotopic (exact) mass is 355 g/mol. The molecule has 0 radical (unpaired) electrons. The highest BCUT2D eigenvalue weighted by Crippen LogP contribution is 2.29. The molecule has 2 aromatic rings. The van der Waals surface area contributed by atoms with Gasteiger partial charge in [-0.3, -0.25) is 0 Å². The van der Waals surface area contributed by atoms with E-state index in [1.807, 2.05) is 36.4 Å². The number of para-hydroxylation sites is 1. The Morgan fingerprint density at radius 2 is 1.77 bits per heavy atom. The van der Waals surface area contributed by atoms with Crippen molar-refractivity contribution in [3.05, 3.63) is 65.2 Å². The number of benzene rings is 2. The highest BCUT2D eigenvalue weighted by molar-refractivity contribution is 6.43. The predicted octanol–water partition coefficient (Wildman–Crippen LogP) is 4.30. The molecule has 2 aromatic carbocycles. The van der Waals surface area contributed by atoms with Crippen LogP contribution in [0.1, 0.15) is 42.9 Å². The zero-order chi connectivity index (χ0) is 18.9. The normalized spacial score (nSPS) is 12.4. The first-order chi connectivity index (χ1) is 12.6. The van der Waals surface area contributed by atoms with Gasteiger partial charge in [-0.2, -0.15) is 0 Å². The van der Waals surface area contributed by atoms with E-state index >= 15 is 0 Å². The van der Waals surface area contributed by atoms with Crippen LogP contribution in [0.5, 0.6) is 5.75 Å². The summed E-state index contributed by atoms with van der Waals surface area (Å²) < 4.78 is 10.9. The minimum Gasteiger partial charge on any atom is -0.489 e. The number of oxime groups is 1. The van der Waals surface area contributed by atoms with Crippen molar-refractivity contribution in [2.75, 3.05) is 14.2 Å². The first-order valence-electron chi connectivity index (χ1n) is 8.61. The number of hydrogen-bond donors (Lipinski definition) is 0. The molecule has 5 nitrogen and oxygen atoms in total. The number of carbonyl (C=O) groups excluding carboxylic acids is 1. The Balaban J connectivity index is 2.30. The first-order valence-corrected chi connectivity index (χ1v) is 8.61. The van der Waals surface area contributed by atoms with Crippen molar-refractivity contribution in [2.24, 2.45) is 5.16 Å². The molecule has 5 heteroatoms. The summed E-state index contributed by atoms with van der Waals surface area (Å²) in [5.74, 6) is 0.696. The van der Waals surface area contributed by atoms with Crippen LogP contribution in [0.4, 0.5) is 0 Å². The van der Waals surface area contributed by atoms with Crippen LogP contribution < -0.4 is 4.74 Å². The predicted molar refractivity (Wildman–Crippen MR) is 101 cm³/mol. The van der Waals surface area contributed by atoms with Crippen LogP contribution >= 0.6 is 0 Å². The lowest BCUT2D eigenvalue weighted by Gasteiger charge is -2.17. The Kier molecular flexibility index (Phi) is 7.21. The van der Waals surface area contributed by atoms with Crippen molar-refractivity contribution < 1.29 is 19.1 Å². The second-order valence-electron chi connectivity index (χ2n) is 5.91. The number of rotatable bonds is 8. The highest BCUT2D eigenvalue weighted by Gasteiger charge is 2.19. The zero-order valence-electron chi connectivity index (χ0n) is 15.7. The van der Waals surface area contributed by atoms with Gasteiger partial charge in [0.2, 0.25) is 0 Å². The summed E-state index contributed by atoms with van der Waals surface area (Å²) in [5.41, 5.74) is 2.74. The Hall–Kier alpha value is -2.82. The molecule has 1 unspecified atom stereocenters. The van der Waals surface area contributed by atoms with Gasteiger partial charge in [-0.05, 0) is 29.5 Å². The van der Waals surface area contributed by atoms with Crippen molar-refractivity contribution in [1.82, 2.24) is 0 Å². The quantitative estimate of drug-likeness (QED) is 0.402. The molecule has 0 spiro atoms. The molecular formula is C21H25NO4. The van der Waals surface area contributed by atoms with Crippen LogP contribution in [-0.4, -0.2) is 25.9 Å². The molecule has 0 aliphatic heterocycles. The molecule has 0 fully saturated rings. The number of esters is 1. The van der Waals surface area contributed by atoms with E-state index in [1.165, 1.54) is 19.8 Å². The average Bonchev–Trinajstić information content (AvgIpc) is 2.69. The second-order valence-corrected chi connectivity index (χ2v) is 5.91. The highest BCUT2D eigenvalue weighted by atomic mass is 16.6. The molecule has 0 amide bonds. The molecule has 0 saturated carbocycles. The minimum atomic E-state index is -0.556. The molecule has 0 aliphatic carbocycles. The van der Waals surface area contributed by atoms with E-state index in [0.717, 1.165) is 17.7 Å². The van der Waals surface area contributed by atoms with E-state index in [9.17, 15) is 4.79 Å². The Bertz CT molecular complexity index is 770. The maximum atomic E-state index is 12.0. The number of carbonyl (C=O) groups is 1. The average molecular weight is 355 g/mol. The zero-order valence-corrected chi connectivity index (χ0v) is 15.7. The summed E-state index contributed by atoms with van der Waals surface area (Å²) in [6.07, 6.45) is 1.03. The molecule has 2 rings (SSSR count). The van der Waals surface area contributed by atoms with Gasteiger partial charge in [0.05, 0.1) is 7.11 Å². The molecule has 26 heavy (non-hydrogen) atoms. The van der Waals surface area contributed by atoms with E-state index in [0.29, 0.717) is 18.1 Å². The summed E-state index contributed by atoms with van der Waals surface area (Å²) >= 11 is 0. The standard InChI is InChI=1S/C21H25NO4/c1-5-15(2)17-11-8-9-13-19(17)26-14-16-10-6-7-12-18(16)20(22-25-4)21(23)24-3/h6-13,15H,5,14H2,1-4H3. The fraction of sp³-hybridized carbons (Fsp3) is 0.333. The van der Waals surface area contributed by atoms with Crippen molar-refractivity contribution in [3.63, 3.8) is 0 Å². The van der Waals surface area contributed by atoms with Crippen LogP contribution in [0, 0.1) is 0 Å². The van der Waals surface area contributed by atoms with Gasteiger partial charge in [-0.25, -0.2) is 4.79 Å². The molecule has 0 N–H and O–H groups in total. The van der Waals surface area contributed by atoms with Crippen LogP contribution in [0.2, 0.25) is 0 Å². The van der Waals surface area contributed by atoms with Crippen LogP contribution in [-0.2, 0) is 21.0 Å². The van der Waals surface area contributed by atoms with Crippen molar-refractivity contribution in [2.45, 2.75) is 32.8 Å². The fourth-order valence-electron chi connectivity index (χ4n) is 2.66. The Morgan fingerprint density at radius 3 is 2.46 bits per heavy atom. The summed E-state index contributed by atoms with van der Waals surface area (Å²) in [6.45, 7) is 4.64. The maximum Gasteiger partial charge on any atom is 0.360 e. The number of methoxy groups -OCH3 is 1. The summed E-state index contributed by atoms with van der Waals surface area (Å²) in [6, 6.07) is 15.5. The molecule has 0 saturated heterocycles. The molecular weight excluding hydrogens is 330 g/mol. The van der Waals surface area contributed by atoms with Gasteiger partial charge < -0.3 is 14.3 Å². The minimum absolute atomic E-state index is 0.115. The van der Waals surface area contributed by atoms with E-state index in [4.69, 9.17) is 14.3 Å². The SMILES string of the molecule is CCC(C)c1ccccc1OCc1ccccc1C(=NOC)C(=O)OC. The fourth-order valence-corrected chi connectivity index (χ4v) is 2.66. The molecule has 0 aromatic heterocycles. The lowest BCUT2D eigenvalue weighted by atomic mass is 9.98. The third-order valence-electron chi connectivity index (χ3n) is 4.28. The van der Waals surface area contributed by atoms with Crippen LogP contribution in [0.3, 0.4) is 0 Å². The van der Waals surface area contributed by atoms with Gasteiger partial charge in [0, 0.05) is 5.56 Å². The number of nitrogens with zero attached hydrogens (tertiary/aromatic N) is 1. The van der Waals surface area contributed by atoms with Crippen molar-refractivity contribution in [3.8, 4) is 5.75 Å². The molecule has 0 heterocycles. The van der Waals surface area contributed by atoms with E-state index in [1.54, 1.807) is 6.07 Å². The van der Waals surface area contributed by atoms with E-state index in [-0.39, 0.29) is 5.71 Å². The largest absolute Gasteiger partial charge is 0.489 e. The first kappa shape index (κ1) is 19.5. The molecule has 1 atom stereocenters. The Morgan fingerprint density at radius 1 is 1.08 bits per heavy atom. The molecule has 0 bridgehead atoms. The summed E-state index contributed by atoms with van der Waals surface area (Å²) in [5, 5.41) is 3.83. The van der Waals surface area contributed by atoms with Crippen LogP contribution in [0.15, 0.2) is 53.7 Å². The van der Waals surface area contributed by atoms with Gasteiger partial charge in [-0.15, -0.1) is 0 Å². The van der Waals surface area contributed by atoms with Gasteiger partial charge >= 0.3 is 5.97 Å². The summed E-state index contributed by atoms with van der Waals surface area (Å²) in [7, 11) is 2.71. The van der Waals surface area contributed by atoms with Gasteiger partial charge in [0.15, 0.2) is 5.71 Å². The van der Waals surface area contributed by atoms with Crippen molar-refractivity contribution >= 4 is 11.7 Å². The van der Waals surface area contributed by atoms with Gasteiger partial charge in [0.25, 0.3) is 0 Å². The number of hydrogen-bond acceptors (Lipinski definition) is 5. The van der Waals surface area contributed by atoms with Crippen LogP contribution in [0.25, 0.3) is 0 Å². The molecule has 0 aliphatic rings. The lowest BCUT2D eigenvalue weighted by Crippen LogP contribution is -2.20. The van der Waals surface area contributed by atoms with Gasteiger partial charge in [-0.1, -0.05) is 61.5 Å². The van der Waals surface area contributed by atoms with Gasteiger partial charge in [0.1, 0.15) is 19.5 Å². The van der Waals surface area contributed by atoms with E-state index < -0.39 is 5.97 Å².